The molecule has 1 N–H and O–H groups in total. The van der Waals surface area contributed by atoms with Crippen LogP contribution < -0.4 is 0 Å². The first-order valence-corrected chi connectivity index (χ1v) is 4.40. The fourth-order valence-corrected chi connectivity index (χ4v) is 1.16. The van der Waals surface area contributed by atoms with Gasteiger partial charge in [0.15, 0.2) is 0 Å². The van der Waals surface area contributed by atoms with Crippen LogP contribution in [0.1, 0.15) is 25.8 Å². The van der Waals surface area contributed by atoms with E-state index in [1.807, 2.05) is 44.2 Å². The van der Waals surface area contributed by atoms with Crippen LogP contribution in [0, 0.1) is 0 Å². The molecule has 0 saturated heterocycles. The largest absolute Gasteiger partial charge is 0.390 e. The second kappa shape index (κ2) is 3.72. The Labute approximate surface area is 74.1 Å². The zero-order valence-electron chi connectivity index (χ0n) is 7.75. The molecule has 1 atom stereocenters. The molecule has 1 aromatic rings. The Morgan fingerprint density at radius 1 is 1.33 bits per heavy atom. The zero-order valence-corrected chi connectivity index (χ0v) is 7.75. The van der Waals surface area contributed by atoms with Gasteiger partial charge < -0.3 is 5.11 Å². The summed E-state index contributed by atoms with van der Waals surface area (Å²) in [7, 11) is 0. The summed E-state index contributed by atoms with van der Waals surface area (Å²) < 4.78 is 0. The molecule has 0 radical (unpaired) electrons. The molecule has 1 rings (SSSR count). The van der Waals surface area contributed by atoms with Crippen LogP contribution in [0.25, 0.3) is 0 Å². The lowest BCUT2D eigenvalue weighted by Gasteiger charge is -2.20. The Bertz CT molecular complexity index is 226. The van der Waals surface area contributed by atoms with Gasteiger partial charge in [0.05, 0.1) is 5.60 Å². The van der Waals surface area contributed by atoms with Crippen molar-refractivity contribution in [3.8, 4) is 0 Å². The fourth-order valence-electron chi connectivity index (χ4n) is 1.16. The number of hydrogen-bond acceptors (Lipinski definition) is 1. The molecule has 0 aliphatic rings. The molecule has 1 heteroatoms. The third-order valence-electron chi connectivity index (χ3n) is 2.19. The molecule has 0 spiro atoms. The number of rotatable bonds is 3. The quantitative estimate of drug-likeness (QED) is 0.731. The molecule has 0 aliphatic heterocycles. The molecular weight excluding hydrogens is 150 g/mol. The van der Waals surface area contributed by atoms with Gasteiger partial charge in [-0.25, -0.2) is 0 Å². The SMILES string of the molecule is CCC([14CH3])(O)Cc1ccccc1. The fraction of sp³-hybridized carbons (Fsp3) is 0.455. The van der Waals surface area contributed by atoms with Gasteiger partial charge in [0, 0.05) is 6.42 Å². The molecule has 0 aromatic heterocycles. The van der Waals surface area contributed by atoms with Crippen LogP contribution in [-0.4, -0.2) is 10.7 Å². The molecule has 1 unspecified atom stereocenters. The number of aliphatic hydroxyl groups is 1. The van der Waals surface area contributed by atoms with Crippen molar-refractivity contribution < 1.29 is 5.11 Å². The summed E-state index contributed by atoms with van der Waals surface area (Å²) in [5.41, 5.74) is 0.644. The van der Waals surface area contributed by atoms with Crippen LogP contribution >= 0.6 is 0 Å². The van der Waals surface area contributed by atoms with Crippen LogP contribution in [0.3, 0.4) is 0 Å². The molecule has 0 fully saturated rings. The van der Waals surface area contributed by atoms with Gasteiger partial charge in [0.25, 0.3) is 0 Å². The topological polar surface area (TPSA) is 20.2 Å². The van der Waals surface area contributed by atoms with Gasteiger partial charge in [-0.2, -0.15) is 0 Å². The maximum absolute atomic E-state index is 9.78. The van der Waals surface area contributed by atoms with Gasteiger partial charge >= 0.3 is 0 Å². The number of benzene rings is 1. The average Bonchev–Trinajstić information content (AvgIpc) is 2.06. The van der Waals surface area contributed by atoms with Gasteiger partial charge in [0.1, 0.15) is 0 Å². The Kier molecular flexibility index (Phi) is 2.88. The van der Waals surface area contributed by atoms with Gasteiger partial charge in [-0.15, -0.1) is 0 Å². The van der Waals surface area contributed by atoms with Crippen LogP contribution in [0.5, 0.6) is 0 Å². The van der Waals surface area contributed by atoms with E-state index in [2.05, 4.69) is 0 Å². The molecule has 0 heterocycles. The predicted octanol–water partition coefficient (Wildman–Crippen LogP) is 2.39. The maximum atomic E-state index is 9.78. The third kappa shape index (κ3) is 2.67. The van der Waals surface area contributed by atoms with Crippen molar-refractivity contribution in [2.75, 3.05) is 0 Å². The molecular formula is C11H16O. The molecule has 0 saturated carbocycles. The molecule has 1 aromatic carbocycles. The van der Waals surface area contributed by atoms with E-state index >= 15 is 0 Å². The summed E-state index contributed by atoms with van der Waals surface area (Å²) in [6, 6.07) is 10.1. The Balaban J connectivity index is 2.64. The Hall–Kier alpha value is -0.820. The third-order valence-corrected chi connectivity index (χ3v) is 2.19. The molecule has 0 aliphatic carbocycles. The summed E-state index contributed by atoms with van der Waals surface area (Å²) in [5.74, 6) is 0. The summed E-state index contributed by atoms with van der Waals surface area (Å²) in [6.07, 6.45) is 1.53. The van der Waals surface area contributed by atoms with Crippen LogP contribution in [0.15, 0.2) is 30.3 Å². The van der Waals surface area contributed by atoms with E-state index in [0.717, 1.165) is 12.8 Å². The number of hydrogen-bond donors (Lipinski definition) is 1. The van der Waals surface area contributed by atoms with E-state index in [-0.39, 0.29) is 0 Å². The van der Waals surface area contributed by atoms with Crippen LogP contribution in [0.4, 0.5) is 0 Å². The van der Waals surface area contributed by atoms with Crippen molar-refractivity contribution in [2.45, 2.75) is 32.3 Å². The molecule has 12 heavy (non-hydrogen) atoms. The van der Waals surface area contributed by atoms with E-state index in [1.54, 1.807) is 0 Å². The normalized spacial score (nSPS) is 15.6. The van der Waals surface area contributed by atoms with E-state index in [9.17, 15) is 5.11 Å². The van der Waals surface area contributed by atoms with Gasteiger partial charge in [-0.3, -0.25) is 0 Å². The van der Waals surface area contributed by atoms with Crippen LogP contribution in [-0.2, 0) is 6.42 Å². The lowest BCUT2D eigenvalue weighted by Crippen LogP contribution is -2.25. The second-order valence-electron chi connectivity index (χ2n) is 3.51. The monoisotopic (exact) mass is 166 g/mol. The minimum absolute atomic E-state index is 0.554. The average molecular weight is 166 g/mol. The summed E-state index contributed by atoms with van der Waals surface area (Å²) in [5, 5.41) is 9.78. The van der Waals surface area contributed by atoms with Crippen molar-refractivity contribution in [2.24, 2.45) is 0 Å². The lowest BCUT2D eigenvalue weighted by atomic mass is 10.0. The minimum Gasteiger partial charge on any atom is -0.390 e. The van der Waals surface area contributed by atoms with Crippen molar-refractivity contribution in [3.63, 3.8) is 0 Å². The van der Waals surface area contributed by atoms with Crippen molar-refractivity contribution >= 4 is 0 Å². The smallest absolute Gasteiger partial charge is 0.0657 e. The Morgan fingerprint density at radius 3 is 2.42 bits per heavy atom. The highest BCUT2D eigenvalue weighted by Crippen LogP contribution is 2.15. The molecule has 0 bridgehead atoms. The first-order chi connectivity index (χ1) is 5.64. The van der Waals surface area contributed by atoms with E-state index in [1.165, 1.54) is 5.56 Å². The van der Waals surface area contributed by atoms with Gasteiger partial charge in [-0.1, -0.05) is 37.3 Å². The zero-order chi connectivity index (χ0) is 9.03. The van der Waals surface area contributed by atoms with E-state index in [0.29, 0.717) is 0 Å². The first kappa shape index (κ1) is 9.27. The van der Waals surface area contributed by atoms with Crippen molar-refractivity contribution in [3.05, 3.63) is 35.9 Å². The molecule has 66 valence electrons. The Morgan fingerprint density at radius 2 is 1.92 bits per heavy atom. The minimum atomic E-state index is -0.554. The highest BCUT2D eigenvalue weighted by molar-refractivity contribution is 5.16. The standard InChI is InChI=1S/C11H16O/c1-3-11(2,12)9-10-7-5-4-6-8-10/h4-8,12H,3,9H2,1-2H3/i2+2. The van der Waals surface area contributed by atoms with E-state index < -0.39 is 5.60 Å². The van der Waals surface area contributed by atoms with Crippen molar-refractivity contribution in [1.29, 1.82) is 0 Å². The van der Waals surface area contributed by atoms with Gasteiger partial charge in [-0.05, 0) is 18.9 Å². The summed E-state index contributed by atoms with van der Waals surface area (Å²) in [6.45, 7) is 3.88. The maximum Gasteiger partial charge on any atom is 0.0657 e. The first-order valence-electron chi connectivity index (χ1n) is 4.40. The lowest BCUT2D eigenvalue weighted by molar-refractivity contribution is 0.0564. The summed E-state index contributed by atoms with van der Waals surface area (Å²) in [4.78, 5) is 0. The van der Waals surface area contributed by atoms with Gasteiger partial charge in [0.2, 0.25) is 0 Å². The highest BCUT2D eigenvalue weighted by Gasteiger charge is 2.17. The predicted molar refractivity (Wildman–Crippen MR) is 51.1 cm³/mol. The summed E-state index contributed by atoms with van der Waals surface area (Å²) >= 11 is 0. The van der Waals surface area contributed by atoms with E-state index in [4.69, 9.17) is 0 Å². The molecule has 1 nitrogen and oxygen atoms in total. The second-order valence-corrected chi connectivity index (χ2v) is 3.51. The molecule has 0 amide bonds. The highest BCUT2D eigenvalue weighted by atomic mass is 16.3. The van der Waals surface area contributed by atoms with Crippen molar-refractivity contribution in [1.82, 2.24) is 0 Å². The van der Waals surface area contributed by atoms with Crippen LogP contribution in [0.2, 0.25) is 0 Å².